The summed E-state index contributed by atoms with van der Waals surface area (Å²) in [5.41, 5.74) is 0. The molecule has 1 aromatic carbocycles. The van der Waals surface area contributed by atoms with Gasteiger partial charge in [0.15, 0.2) is 0 Å². The Morgan fingerprint density at radius 3 is 2.50 bits per heavy atom. The molecule has 0 fully saturated rings. The van der Waals surface area contributed by atoms with Gasteiger partial charge in [0.1, 0.15) is 11.5 Å². The highest BCUT2D eigenvalue weighted by atomic mass is 16.5. The van der Waals surface area contributed by atoms with E-state index < -0.39 is 0 Å². The summed E-state index contributed by atoms with van der Waals surface area (Å²) in [7, 11) is 0. The highest BCUT2D eigenvalue weighted by molar-refractivity contribution is 5.25. The minimum absolute atomic E-state index is 0.779. The number of hydrogen-bond acceptors (Lipinski definition) is 1. The molecule has 0 heterocycles. The zero-order chi connectivity index (χ0) is 8.81. The van der Waals surface area contributed by atoms with Gasteiger partial charge in [-0.2, -0.15) is 0 Å². The highest BCUT2D eigenvalue weighted by Gasteiger charge is 1.92. The van der Waals surface area contributed by atoms with Gasteiger partial charge in [0.2, 0.25) is 0 Å². The third kappa shape index (κ3) is 2.27. The van der Waals surface area contributed by atoms with E-state index in [0.717, 1.165) is 11.5 Å². The van der Waals surface area contributed by atoms with Crippen LogP contribution in [-0.2, 0) is 0 Å². The third-order valence-corrected chi connectivity index (χ3v) is 1.46. The van der Waals surface area contributed by atoms with E-state index in [-0.39, 0.29) is 0 Å². The quantitative estimate of drug-likeness (QED) is 0.487. The first-order valence-electron chi connectivity index (χ1n) is 3.88. The molecule has 0 aromatic heterocycles. The Morgan fingerprint density at radius 2 is 2.00 bits per heavy atom. The Morgan fingerprint density at radius 1 is 1.33 bits per heavy atom. The molecule has 0 radical (unpaired) electrons. The van der Waals surface area contributed by atoms with Crippen molar-refractivity contribution in [1.82, 2.24) is 0 Å². The smallest absolute Gasteiger partial charge is 0.127 e. The van der Waals surface area contributed by atoms with Crippen LogP contribution in [0.3, 0.4) is 0 Å². The molecule has 0 bridgehead atoms. The van der Waals surface area contributed by atoms with Gasteiger partial charge in [0, 0.05) is 0 Å². The van der Waals surface area contributed by atoms with Crippen LogP contribution in [0.25, 0.3) is 0 Å². The van der Waals surface area contributed by atoms with Crippen LogP contribution in [0, 0.1) is 0 Å². The maximum absolute atomic E-state index is 5.46. The van der Waals surface area contributed by atoms with Gasteiger partial charge < -0.3 is 4.74 Å². The van der Waals surface area contributed by atoms with Crippen molar-refractivity contribution in [3.63, 3.8) is 0 Å². The average molecular weight is 160 g/mol. The summed E-state index contributed by atoms with van der Waals surface area (Å²) >= 11 is 0. The minimum Gasteiger partial charge on any atom is -0.458 e. The number of para-hydroxylation sites is 1. The lowest BCUT2D eigenvalue weighted by atomic mass is 10.3. The molecule has 0 N–H and O–H groups in total. The van der Waals surface area contributed by atoms with Crippen molar-refractivity contribution < 1.29 is 4.74 Å². The van der Waals surface area contributed by atoms with Crippen LogP contribution in [0.2, 0.25) is 0 Å². The Bertz CT molecular complexity index is 272. The van der Waals surface area contributed by atoms with E-state index in [4.69, 9.17) is 4.74 Å². The lowest BCUT2D eigenvalue weighted by Gasteiger charge is -2.04. The second kappa shape index (κ2) is 4.39. The summed E-state index contributed by atoms with van der Waals surface area (Å²) in [4.78, 5) is 0. The van der Waals surface area contributed by atoms with E-state index in [1.54, 1.807) is 6.08 Å². The fourth-order valence-electron chi connectivity index (χ4n) is 0.843. The molecule has 0 saturated heterocycles. The number of rotatable bonds is 3. The van der Waals surface area contributed by atoms with Crippen molar-refractivity contribution in [3.8, 4) is 5.75 Å². The summed E-state index contributed by atoms with van der Waals surface area (Å²) in [6.07, 6.45) is 3.56. The maximum atomic E-state index is 5.46. The number of hydrogen-bond donors (Lipinski definition) is 0. The molecular formula is C11H12O. The molecule has 1 rings (SSSR count). The molecule has 0 unspecified atom stereocenters. The van der Waals surface area contributed by atoms with Crippen LogP contribution in [0.5, 0.6) is 5.75 Å². The Balaban J connectivity index is 2.70. The molecule has 1 heteroatoms. The van der Waals surface area contributed by atoms with Gasteiger partial charge in [-0.05, 0) is 31.2 Å². The van der Waals surface area contributed by atoms with Gasteiger partial charge in [-0.1, -0.05) is 24.8 Å². The number of allylic oxidation sites excluding steroid dienone is 2. The van der Waals surface area contributed by atoms with Crippen LogP contribution in [0.4, 0.5) is 0 Å². The molecule has 0 saturated carbocycles. The van der Waals surface area contributed by atoms with Crippen molar-refractivity contribution >= 4 is 0 Å². The fourth-order valence-corrected chi connectivity index (χ4v) is 0.843. The summed E-state index contributed by atoms with van der Waals surface area (Å²) < 4.78 is 5.46. The molecule has 12 heavy (non-hydrogen) atoms. The van der Waals surface area contributed by atoms with Gasteiger partial charge in [-0.25, -0.2) is 0 Å². The normalized spacial score (nSPS) is 10.9. The standard InChI is InChI=1S/C11H12O/c1-3-10(4-2)12-11-8-6-5-7-9-11/h3-9H,1H2,2H3. The SMILES string of the molecule is C=CC(=CC)Oc1ccccc1. The van der Waals surface area contributed by atoms with Gasteiger partial charge in [-0.3, -0.25) is 0 Å². The average Bonchev–Trinajstić information content (AvgIpc) is 2.16. The summed E-state index contributed by atoms with van der Waals surface area (Å²) in [5.74, 6) is 1.62. The summed E-state index contributed by atoms with van der Waals surface area (Å²) in [5, 5.41) is 0. The van der Waals surface area contributed by atoms with E-state index in [0.29, 0.717) is 0 Å². The predicted molar refractivity (Wildman–Crippen MR) is 51.0 cm³/mol. The zero-order valence-corrected chi connectivity index (χ0v) is 7.16. The van der Waals surface area contributed by atoms with Crippen LogP contribution < -0.4 is 4.74 Å². The Kier molecular flexibility index (Phi) is 3.15. The monoisotopic (exact) mass is 160 g/mol. The van der Waals surface area contributed by atoms with Crippen molar-refractivity contribution in [2.24, 2.45) is 0 Å². The van der Waals surface area contributed by atoms with Crippen molar-refractivity contribution in [1.29, 1.82) is 0 Å². The van der Waals surface area contributed by atoms with E-state index in [9.17, 15) is 0 Å². The third-order valence-electron chi connectivity index (χ3n) is 1.46. The summed E-state index contributed by atoms with van der Waals surface area (Å²) in [6, 6.07) is 9.65. The lowest BCUT2D eigenvalue weighted by Crippen LogP contribution is -1.89. The van der Waals surface area contributed by atoms with E-state index in [1.165, 1.54) is 0 Å². The van der Waals surface area contributed by atoms with Crippen molar-refractivity contribution in [2.45, 2.75) is 6.92 Å². The molecule has 0 amide bonds. The van der Waals surface area contributed by atoms with Crippen LogP contribution in [-0.4, -0.2) is 0 Å². The van der Waals surface area contributed by atoms with Gasteiger partial charge in [0.05, 0.1) is 0 Å². The fraction of sp³-hybridized carbons (Fsp3) is 0.0909. The largest absolute Gasteiger partial charge is 0.458 e. The first kappa shape index (κ1) is 8.60. The number of ether oxygens (including phenoxy) is 1. The first-order chi connectivity index (χ1) is 5.86. The molecule has 0 spiro atoms. The van der Waals surface area contributed by atoms with E-state index in [2.05, 4.69) is 6.58 Å². The highest BCUT2D eigenvalue weighted by Crippen LogP contribution is 2.12. The Hall–Kier alpha value is -1.50. The molecule has 0 aliphatic rings. The summed E-state index contributed by atoms with van der Waals surface area (Å²) in [6.45, 7) is 5.55. The zero-order valence-electron chi connectivity index (χ0n) is 7.16. The van der Waals surface area contributed by atoms with Crippen LogP contribution >= 0.6 is 0 Å². The van der Waals surface area contributed by atoms with Crippen molar-refractivity contribution in [3.05, 3.63) is 54.8 Å². The maximum Gasteiger partial charge on any atom is 0.127 e. The van der Waals surface area contributed by atoms with Crippen molar-refractivity contribution in [2.75, 3.05) is 0 Å². The molecule has 0 aliphatic heterocycles. The van der Waals surface area contributed by atoms with Crippen LogP contribution in [0.15, 0.2) is 54.8 Å². The second-order valence-electron chi connectivity index (χ2n) is 2.31. The van der Waals surface area contributed by atoms with E-state index >= 15 is 0 Å². The molecular weight excluding hydrogens is 148 g/mol. The first-order valence-corrected chi connectivity index (χ1v) is 3.88. The molecule has 1 aromatic rings. The minimum atomic E-state index is 0.779. The second-order valence-corrected chi connectivity index (χ2v) is 2.31. The molecule has 0 aliphatic carbocycles. The number of benzene rings is 1. The molecule has 1 nitrogen and oxygen atoms in total. The predicted octanol–water partition coefficient (Wildman–Crippen LogP) is 3.16. The molecule has 62 valence electrons. The van der Waals surface area contributed by atoms with E-state index in [1.807, 2.05) is 43.3 Å². The topological polar surface area (TPSA) is 9.23 Å². The van der Waals surface area contributed by atoms with Crippen LogP contribution in [0.1, 0.15) is 6.92 Å². The lowest BCUT2D eigenvalue weighted by molar-refractivity contribution is 0.443. The Labute approximate surface area is 73.0 Å². The van der Waals surface area contributed by atoms with Gasteiger partial charge in [-0.15, -0.1) is 0 Å². The van der Waals surface area contributed by atoms with Gasteiger partial charge >= 0.3 is 0 Å². The molecule has 0 atom stereocenters. The van der Waals surface area contributed by atoms with Gasteiger partial charge in [0.25, 0.3) is 0 Å².